The maximum Gasteiger partial charge on any atom is 0.247 e. The Balaban J connectivity index is 1.38. The molecule has 0 unspecified atom stereocenters. The fourth-order valence-corrected chi connectivity index (χ4v) is 3.04. The SMILES string of the molecule is O=C(C1CC1)N1CCC(Nc2nnnn2-c2ccccc2)CC1. The number of rotatable bonds is 4. The van der Waals surface area contributed by atoms with Gasteiger partial charge >= 0.3 is 0 Å². The predicted molar refractivity (Wildman–Crippen MR) is 85.1 cm³/mol. The lowest BCUT2D eigenvalue weighted by molar-refractivity contribution is -0.133. The first-order valence-electron chi connectivity index (χ1n) is 8.20. The van der Waals surface area contributed by atoms with E-state index >= 15 is 0 Å². The Morgan fingerprint density at radius 2 is 1.83 bits per heavy atom. The van der Waals surface area contributed by atoms with Crippen molar-refractivity contribution >= 4 is 11.9 Å². The fourth-order valence-electron chi connectivity index (χ4n) is 3.04. The van der Waals surface area contributed by atoms with Gasteiger partial charge in [-0.2, -0.15) is 4.68 Å². The molecule has 0 bridgehead atoms. The minimum absolute atomic E-state index is 0.298. The lowest BCUT2D eigenvalue weighted by Gasteiger charge is -2.32. The first-order chi connectivity index (χ1) is 11.3. The summed E-state index contributed by atoms with van der Waals surface area (Å²) < 4.78 is 1.71. The number of anilines is 1. The number of tetrazole rings is 1. The largest absolute Gasteiger partial charge is 0.350 e. The number of likely N-dealkylation sites (tertiary alicyclic amines) is 1. The molecule has 1 aromatic heterocycles. The number of aromatic nitrogens is 4. The smallest absolute Gasteiger partial charge is 0.247 e. The van der Waals surface area contributed by atoms with Gasteiger partial charge in [-0.25, -0.2) is 0 Å². The zero-order valence-corrected chi connectivity index (χ0v) is 12.9. The molecule has 1 aromatic carbocycles. The second-order valence-corrected chi connectivity index (χ2v) is 6.27. The summed E-state index contributed by atoms with van der Waals surface area (Å²) in [5.74, 6) is 1.31. The number of para-hydroxylation sites is 1. The second kappa shape index (κ2) is 5.98. The van der Waals surface area contributed by atoms with Crippen molar-refractivity contribution in [3.8, 4) is 5.69 Å². The highest BCUT2D eigenvalue weighted by molar-refractivity contribution is 5.81. The molecule has 1 aliphatic heterocycles. The molecule has 2 fully saturated rings. The molecule has 1 saturated carbocycles. The van der Waals surface area contributed by atoms with Crippen LogP contribution in [0.3, 0.4) is 0 Å². The lowest BCUT2D eigenvalue weighted by Crippen LogP contribution is -2.43. The van der Waals surface area contributed by atoms with Crippen LogP contribution in [0, 0.1) is 5.92 Å². The van der Waals surface area contributed by atoms with E-state index in [9.17, 15) is 4.79 Å². The van der Waals surface area contributed by atoms with Gasteiger partial charge < -0.3 is 10.2 Å². The molecule has 4 rings (SSSR count). The van der Waals surface area contributed by atoms with Crippen molar-refractivity contribution in [2.24, 2.45) is 5.92 Å². The van der Waals surface area contributed by atoms with E-state index in [-0.39, 0.29) is 0 Å². The number of hydrogen-bond acceptors (Lipinski definition) is 5. The maximum absolute atomic E-state index is 12.1. The van der Waals surface area contributed by atoms with E-state index in [0.29, 0.717) is 23.8 Å². The topological polar surface area (TPSA) is 75.9 Å². The molecule has 23 heavy (non-hydrogen) atoms. The Hall–Kier alpha value is -2.44. The van der Waals surface area contributed by atoms with Crippen molar-refractivity contribution in [3.05, 3.63) is 30.3 Å². The zero-order valence-electron chi connectivity index (χ0n) is 12.9. The summed E-state index contributed by atoms with van der Waals surface area (Å²) in [6, 6.07) is 10.1. The van der Waals surface area contributed by atoms with E-state index in [1.165, 1.54) is 0 Å². The predicted octanol–water partition coefficient (Wildman–Crippen LogP) is 1.48. The molecule has 120 valence electrons. The third-order valence-corrected chi connectivity index (χ3v) is 4.54. The van der Waals surface area contributed by atoms with E-state index in [4.69, 9.17) is 0 Å². The quantitative estimate of drug-likeness (QED) is 0.925. The number of amides is 1. The molecule has 2 aliphatic rings. The summed E-state index contributed by atoms with van der Waals surface area (Å²) in [6.07, 6.45) is 4.01. The van der Waals surface area contributed by atoms with Crippen LogP contribution in [0.5, 0.6) is 0 Å². The number of piperidine rings is 1. The molecular formula is C16H20N6O. The Kier molecular flexibility index (Phi) is 3.69. The van der Waals surface area contributed by atoms with E-state index in [1.54, 1.807) is 4.68 Å². The standard InChI is InChI=1S/C16H20N6O/c23-15(12-6-7-12)21-10-8-13(9-11-21)17-16-18-19-20-22(16)14-4-2-1-3-5-14/h1-5,12-13H,6-11H2,(H,17,18,20). The Bertz CT molecular complexity index is 673. The molecule has 1 aliphatic carbocycles. The third-order valence-electron chi connectivity index (χ3n) is 4.54. The average Bonchev–Trinajstić information content (AvgIpc) is 3.35. The Labute approximate surface area is 134 Å². The second-order valence-electron chi connectivity index (χ2n) is 6.27. The van der Waals surface area contributed by atoms with Gasteiger partial charge in [0, 0.05) is 25.0 Å². The van der Waals surface area contributed by atoms with Crippen LogP contribution in [0.1, 0.15) is 25.7 Å². The highest BCUT2D eigenvalue weighted by Crippen LogP contribution is 2.32. The van der Waals surface area contributed by atoms with Gasteiger partial charge in [-0.1, -0.05) is 23.3 Å². The molecular weight excluding hydrogens is 292 g/mol. The van der Waals surface area contributed by atoms with E-state index < -0.39 is 0 Å². The number of nitrogens with zero attached hydrogens (tertiary/aromatic N) is 5. The van der Waals surface area contributed by atoms with Crippen molar-refractivity contribution in [2.75, 3.05) is 18.4 Å². The number of benzene rings is 1. The Morgan fingerprint density at radius 1 is 1.09 bits per heavy atom. The van der Waals surface area contributed by atoms with Crippen molar-refractivity contribution in [3.63, 3.8) is 0 Å². The highest BCUT2D eigenvalue weighted by atomic mass is 16.2. The summed E-state index contributed by atoms with van der Waals surface area (Å²) in [5, 5.41) is 15.3. The van der Waals surface area contributed by atoms with Crippen LogP contribution >= 0.6 is 0 Å². The van der Waals surface area contributed by atoms with Gasteiger partial charge in [-0.3, -0.25) is 4.79 Å². The first kappa shape index (κ1) is 14.2. The minimum Gasteiger partial charge on any atom is -0.350 e. The van der Waals surface area contributed by atoms with Crippen molar-refractivity contribution in [1.82, 2.24) is 25.1 Å². The van der Waals surface area contributed by atoms with Crippen LogP contribution in [0.25, 0.3) is 5.69 Å². The van der Waals surface area contributed by atoms with Crippen LogP contribution in [-0.4, -0.2) is 50.1 Å². The molecule has 0 radical (unpaired) electrons. The third kappa shape index (κ3) is 3.04. The summed E-state index contributed by atoms with van der Waals surface area (Å²) in [6.45, 7) is 1.64. The number of nitrogens with one attached hydrogen (secondary N) is 1. The maximum atomic E-state index is 12.1. The van der Waals surface area contributed by atoms with E-state index in [2.05, 4.69) is 20.8 Å². The molecule has 1 N–H and O–H groups in total. The van der Waals surface area contributed by atoms with Gasteiger partial charge in [0.15, 0.2) is 0 Å². The van der Waals surface area contributed by atoms with Gasteiger partial charge in [-0.15, -0.1) is 0 Å². The molecule has 0 spiro atoms. The van der Waals surface area contributed by atoms with Crippen LogP contribution in [-0.2, 0) is 4.79 Å². The molecule has 2 aromatic rings. The van der Waals surface area contributed by atoms with E-state index in [0.717, 1.165) is 44.5 Å². The Morgan fingerprint density at radius 3 is 2.52 bits per heavy atom. The number of carbonyl (C=O) groups excluding carboxylic acids is 1. The fraction of sp³-hybridized carbons (Fsp3) is 0.500. The van der Waals surface area contributed by atoms with Crippen LogP contribution < -0.4 is 5.32 Å². The zero-order chi connectivity index (χ0) is 15.6. The monoisotopic (exact) mass is 312 g/mol. The molecule has 1 amide bonds. The molecule has 0 atom stereocenters. The summed E-state index contributed by atoms with van der Waals surface area (Å²) in [5.41, 5.74) is 0.932. The van der Waals surface area contributed by atoms with Crippen molar-refractivity contribution < 1.29 is 4.79 Å². The normalized spacial score (nSPS) is 18.9. The summed E-state index contributed by atoms with van der Waals surface area (Å²) in [4.78, 5) is 14.1. The van der Waals surface area contributed by atoms with Crippen LogP contribution in [0.4, 0.5) is 5.95 Å². The first-order valence-corrected chi connectivity index (χ1v) is 8.20. The average molecular weight is 312 g/mol. The molecule has 2 heterocycles. The molecule has 1 saturated heterocycles. The van der Waals surface area contributed by atoms with Gasteiger partial charge in [-0.05, 0) is 48.2 Å². The van der Waals surface area contributed by atoms with Gasteiger partial charge in [0.25, 0.3) is 0 Å². The van der Waals surface area contributed by atoms with Gasteiger partial charge in [0.05, 0.1) is 5.69 Å². The summed E-state index contributed by atoms with van der Waals surface area (Å²) in [7, 11) is 0. The van der Waals surface area contributed by atoms with Gasteiger partial charge in [0.1, 0.15) is 0 Å². The van der Waals surface area contributed by atoms with Gasteiger partial charge in [0.2, 0.25) is 11.9 Å². The molecule has 7 heteroatoms. The number of carbonyl (C=O) groups is 1. The lowest BCUT2D eigenvalue weighted by atomic mass is 10.0. The van der Waals surface area contributed by atoms with Crippen molar-refractivity contribution in [2.45, 2.75) is 31.7 Å². The van der Waals surface area contributed by atoms with E-state index in [1.807, 2.05) is 35.2 Å². The summed E-state index contributed by atoms with van der Waals surface area (Å²) >= 11 is 0. The molecule has 7 nitrogen and oxygen atoms in total. The number of hydrogen-bond donors (Lipinski definition) is 1. The minimum atomic E-state index is 0.298. The van der Waals surface area contributed by atoms with Crippen LogP contribution in [0.15, 0.2) is 30.3 Å². The van der Waals surface area contributed by atoms with Crippen molar-refractivity contribution in [1.29, 1.82) is 0 Å². The van der Waals surface area contributed by atoms with Crippen LogP contribution in [0.2, 0.25) is 0 Å². The highest BCUT2D eigenvalue weighted by Gasteiger charge is 2.35.